The Morgan fingerprint density at radius 2 is 1.93 bits per heavy atom. The van der Waals surface area contributed by atoms with Crippen LogP contribution in [0, 0.1) is 0 Å². The summed E-state index contributed by atoms with van der Waals surface area (Å²) in [7, 11) is 4.20. The molecule has 10 nitrogen and oxygen atoms in total. The molecule has 3 aromatic rings. The van der Waals surface area contributed by atoms with Gasteiger partial charge in [0.15, 0.2) is 0 Å². The Bertz CT molecular complexity index is 861. The van der Waals surface area contributed by atoms with Gasteiger partial charge in [0.2, 0.25) is 0 Å². The largest absolute Gasteiger partial charge is 0.473 e. The summed E-state index contributed by atoms with van der Waals surface area (Å²) in [4.78, 5) is 27.7. The quantitative estimate of drug-likeness (QED) is 0.538. The molecule has 0 amide bonds. The zero-order chi connectivity index (χ0) is 19.1. The molecule has 0 aliphatic carbocycles. The highest BCUT2D eigenvalue weighted by atomic mass is 16.4. The molecule has 2 aromatic heterocycles. The second-order valence-electron chi connectivity index (χ2n) is 5.95. The number of nitrogens with one attached hydrogen (secondary N) is 1. The highest BCUT2D eigenvalue weighted by molar-refractivity contribution is 6.27. The molecule has 0 aliphatic heterocycles. The first-order valence-corrected chi connectivity index (χ1v) is 7.89. The van der Waals surface area contributed by atoms with Gasteiger partial charge in [0, 0.05) is 23.6 Å². The monoisotopic (exact) mass is 377 g/mol. The minimum absolute atomic E-state index is 0. The molecule has 0 unspecified atom stereocenters. The highest BCUT2D eigenvalue weighted by Gasteiger charge is 2.06. The van der Waals surface area contributed by atoms with E-state index in [1.54, 1.807) is 12.7 Å². The van der Waals surface area contributed by atoms with E-state index < -0.39 is 11.9 Å². The fourth-order valence-electron chi connectivity index (χ4n) is 2.38. The van der Waals surface area contributed by atoms with Crippen LogP contribution >= 0.6 is 0 Å². The minimum Gasteiger partial charge on any atom is -0.473 e. The second-order valence-corrected chi connectivity index (χ2v) is 5.95. The van der Waals surface area contributed by atoms with Crippen LogP contribution < -0.4 is 0 Å². The van der Waals surface area contributed by atoms with E-state index in [0.29, 0.717) is 0 Å². The molecule has 27 heavy (non-hydrogen) atoms. The molecule has 146 valence electrons. The van der Waals surface area contributed by atoms with Crippen LogP contribution in [-0.4, -0.2) is 72.9 Å². The number of H-pyrrole nitrogens is 1. The minimum atomic E-state index is -1.82. The number of nitrogens with zero attached hydrogens (tertiary/aromatic N) is 4. The van der Waals surface area contributed by atoms with E-state index in [9.17, 15) is 0 Å². The molecular formula is C17H23N5O5. The lowest BCUT2D eigenvalue weighted by Crippen LogP contribution is -2.14. The maximum Gasteiger partial charge on any atom is 0.414 e. The van der Waals surface area contributed by atoms with Crippen molar-refractivity contribution in [2.24, 2.45) is 0 Å². The van der Waals surface area contributed by atoms with Gasteiger partial charge in [0.1, 0.15) is 12.7 Å². The lowest BCUT2D eigenvalue weighted by molar-refractivity contribution is -0.159. The zero-order valence-corrected chi connectivity index (χ0v) is 15.1. The van der Waals surface area contributed by atoms with Crippen LogP contribution in [0.25, 0.3) is 10.9 Å². The summed E-state index contributed by atoms with van der Waals surface area (Å²) < 4.78 is 1.84. The molecule has 0 saturated carbocycles. The van der Waals surface area contributed by atoms with Crippen LogP contribution in [-0.2, 0) is 22.6 Å². The van der Waals surface area contributed by atoms with Crippen LogP contribution in [0.5, 0.6) is 0 Å². The van der Waals surface area contributed by atoms with Gasteiger partial charge < -0.3 is 25.6 Å². The molecule has 1 aromatic carbocycles. The van der Waals surface area contributed by atoms with Crippen LogP contribution in [0.3, 0.4) is 0 Å². The Kier molecular flexibility index (Phi) is 8.11. The molecule has 0 saturated heterocycles. The molecule has 0 bridgehead atoms. The third-order valence-corrected chi connectivity index (χ3v) is 3.65. The van der Waals surface area contributed by atoms with E-state index in [-0.39, 0.29) is 5.48 Å². The van der Waals surface area contributed by atoms with Gasteiger partial charge in [-0.2, -0.15) is 5.10 Å². The first kappa shape index (κ1) is 21.8. The maximum atomic E-state index is 9.10. The van der Waals surface area contributed by atoms with Crippen molar-refractivity contribution in [3.8, 4) is 0 Å². The Labute approximate surface area is 155 Å². The van der Waals surface area contributed by atoms with E-state index in [4.69, 9.17) is 19.8 Å². The number of carboxylic acids is 2. The van der Waals surface area contributed by atoms with Crippen LogP contribution in [0.15, 0.2) is 37.1 Å². The van der Waals surface area contributed by atoms with Gasteiger partial charge in [-0.15, -0.1) is 0 Å². The van der Waals surface area contributed by atoms with Gasteiger partial charge in [-0.25, -0.2) is 19.3 Å². The van der Waals surface area contributed by atoms with Crippen molar-refractivity contribution < 1.29 is 25.3 Å². The predicted molar refractivity (Wildman–Crippen MR) is 98.6 cm³/mol. The van der Waals surface area contributed by atoms with Crippen molar-refractivity contribution in [3.05, 3.63) is 48.2 Å². The number of fused-ring (bicyclic) bond motifs is 1. The van der Waals surface area contributed by atoms with Crippen LogP contribution in [0.1, 0.15) is 11.1 Å². The zero-order valence-electron chi connectivity index (χ0n) is 15.1. The molecular weight excluding hydrogens is 354 g/mol. The highest BCUT2D eigenvalue weighted by Crippen LogP contribution is 2.21. The lowest BCUT2D eigenvalue weighted by Gasteiger charge is -2.08. The first-order chi connectivity index (χ1) is 12.4. The molecule has 2 heterocycles. The van der Waals surface area contributed by atoms with Crippen molar-refractivity contribution in [3.63, 3.8) is 0 Å². The molecule has 0 spiro atoms. The molecule has 0 radical (unpaired) electrons. The number of carbonyl (C=O) groups is 2. The fourth-order valence-corrected chi connectivity index (χ4v) is 2.38. The Morgan fingerprint density at radius 1 is 1.22 bits per heavy atom. The molecule has 0 aliphatic rings. The normalized spacial score (nSPS) is 10.2. The average molecular weight is 377 g/mol. The van der Waals surface area contributed by atoms with Crippen LogP contribution in [0.2, 0.25) is 0 Å². The maximum absolute atomic E-state index is 9.10. The van der Waals surface area contributed by atoms with Gasteiger partial charge in [-0.3, -0.25) is 0 Å². The molecule has 3 rings (SSSR count). The van der Waals surface area contributed by atoms with Crippen molar-refractivity contribution >= 4 is 22.8 Å². The Morgan fingerprint density at radius 3 is 2.48 bits per heavy atom. The number of aliphatic carboxylic acids is 2. The van der Waals surface area contributed by atoms with E-state index in [2.05, 4.69) is 58.5 Å². The van der Waals surface area contributed by atoms with Crippen molar-refractivity contribution in [2.75, 3.05) is 20.6 Å². The fraction of sp³-hybridized carbons (Fsp3) is 0.294. The van der Waals surface area contributed by atoms with Gasteiger partial charge in [-0.1, -0.05) is 6.07 Å². The lowest BCUT2D eigenvalue weighted by atomic mass is 10.1. The summed E-state index contributed by atoms with van der Waals surface area (Å²) in [6.07, 6.45) is 6.48. The number of hydrogen-bond donors (Lipinski definition) is 3. The summed E-state index contributed by atoms with van der Waals surface area (Å²) in [6.45, 7) is 1.81. The van der Waals surface area contributed by atoms with E-state index in [1.165, 1.54) is 22.0 Å². The summed E-state index contributed by atoms with van der Waals surface area (Å²) >= 11 is 0. The third kappa shape index (κ3) is 6.53. The van der Waals surface area contributed by atoms with Crippen molar-refractivity contribution in [2.45, 2.75) is 13.0 Å². The molecule has 0 atom stereocenters. The molecule has 5 N–H and O–H groups in total. The number of hydrogen-bond acceptors (Lipinski definition) is 5. The van der Waals surface area contributed by atoms with Gasteiger partial charge in [0.25, 0.3) is 0 Å². The summed E-state index contributed by atoms with van der Waals surface area (Å²) in [6, 6.07) is 6.52. The summed E-state index contributed by atoms with van der Waals surface area (Å²) in [5.41, 5.74) is 3.81. The first-order valence-electron chi connectivity index (χ1n) is 7.89. The smallest absolute Gasteiger partial charge is 0.414 e. The summed E-state index contributed by atoms with van der Waals surface area (Å²) in [5, 5.41) is 20.2. The third-order valence-electron chi connectivity index (χ3n) is 3.65. The van der Waals surface area contributed by atoms with Crippen molar-refractivity contribution in [1.29, 1.82) is 0 Å². The standard InChI is InChI=1S/C15H19N5.C2H2O4.H2O/c1-19(2)6-5-13-8-17-15-4-3-12(7-14(13)15)9-20-11-16-10-18-20;3-1(4)2(5)6;/h3-4,7-8,10-11,17H,5-6,9H2,1-2H3;(H,3,4)(H,5,6);1H2. The van der Waals surface area contributed by atoms with Gasteiger partial charge in [0.05, 0.1) is 6.54 Å². The number of benzene rings is 1. The number of likely N-dealkylation sites (N-methyl/N-ethyl adjacent to an activating group) is 1. The van der Waals surface area contributed by atoms with E-state index in [0.717, 1.165) is 19.5 Å². The second kappa shape index (κ2) is 10.0. The Hall–Kier alpha value is -3.24. The summed E-state index contributed by atoms with van der Waals surface area (Å²) in [5.74, 6) is -3.65. The van der Waals surface area contributed by atoms with Gasteiger partial charge >= 0.3 is 11.9 Å². The average Bonchev–Trinajstić information content (AvgIpc) is 3.23. The van der Waals surface area contributed by atoms with Gasteiger partial charge in [-0.05, 0) is 43.8 Å². The van der Waals surface area contributed by atoms with Crippen molar-refractivity contribution in [1.82, 2.24) is 24.6 Å². The van der Waals surface area contributed by atoms with Crippen LogP contribution in [0.4, 0.5) is 0 Å². The number of rotatable bonds is 5. The molecule has 10 heteroatoms. The SMILES string of the molecule is CN(C)CCc1c[nH]c2ccc(Cn3cncn3)cc12.O.O=C(O)C(=O)O. The van der Waals surface area contributed by atoms with E-state index in [1.807, 2.05) is 4.68 Å². The number of carboxylic acid groups (broad SMARTS) is 2. The number of aromatic nitrogens is 4. The molecule has 0 fully saturated rings. The Balaban J connectivity index is 0.000000456. The van der Waals surface area contributed by atoms with E-state index >= 15 is 0 Å². The predicted octanol–water partition coefficient (Wildman–Crippen LogP) is 0.243. The number of aromatic amines is 1. The topological polar surface area (TPSA) is 156 Å².